The van der Waals surface area contributed by atoms with Gasteiger partial charge in [-0.2, -0.15) is 4.98 Å². The topological polar surface area (TPSA) is 80.4 Å². The fourth-order valence-corrected chi connectivity index (χ4v) is 2.21. The molecular formula is C14H17N3O3. The fourth-order valence-electron chi connectivity index (χ4n) is 2.21. The predicted octanol–water partition coefficient (Wildman–Crippen LogP) is 2.28. The van der Waals surface area contributed by atoms with Crippen molar-refractivity contribution in [3.05, 3.63) is 36.0 Å². The van der Waals surface area contributed by atoms with Crippen molar-refractivity contribution in [2.45, 2.75) is 25.3 Å². The lowest BCUT2D eigenvalue weighted by atomic mass is 10.0. The molecule has 106 valence electrons. The first-order valence-electron chi connectivity index (χ1n) is 6.74. The van der Waals surface area contributed by atoms with Crippen LogP contribution in [0.25, 0.3) is 0 Å². The molecule has 1 aromatic carbocycles. The summed E-state index contributed by atoms with van der Waals surface area (Å²) in [5.41, 5.74) is 0.892. The van der Waals surface area contributed by atoms with Crippen LogP contribution in [-0.4, -0.2) is 28.5 Å². The van der Waals surface area contributed by atoms with Crippen LogP contribution in [0.3, 0.4) is 0 Å². The summed E-state index contributed by atoms with van der Waals surface area (Å²) in [7, 11) is 0. The van der Waals surface area contributed by atoms with E-state index in [1.807, 2.05) is 0 Å². The van der Waals surface area contributed by atoms with Crippen LogP contribution in [0, 0.1) is 0 Å². The van der Waals surface area contributed by atoms with E-state index in [9.17, 15) is 5.11 Å². The van der Waals surface area contributed by atoms with Crippen molar-refractivity contribution < 1.29 is 14.4 Å². The van der Waals surface area contributed by atoms with Gasteiger partial charge in [0.1, 0.15) is 5.75 Å². The zero-order valence-electron chi connectivity index (χ0n) is 11.1. The molecule has 0 saturated carbocycles. The molecule has 0 spiro atoms. The zero-order chi connectivity index (χ0) is 13.8. The van der Waals surface area contributed by atoms with E-state index < -0.39 is 0 Å². The number of ether oxygens (including phenoxy) is 1. The molecule has 1 atom stereocenters. The van der Waals surface area contributed by atoms with E-state index >= 15 is 0 Å². The molecule has 2 heterocycles. The Kier molecular flexibility index (Phi) is 3.83. The minimum absolute atomic E-state index is 0.243. The van der Waals surface area contributed by atoms with Gasteiger partial charge in [-0.1, -0.05) is 5.16 Å². The summed E-state index contributed by atoms with van der Waals surface area (Å²) in [5.74, 6) is 1.77. The number of aromatic nitrogens is 2. The number of hydrogen-bond donors (Lipinski definition) is 2. The smallest absolute Gasteiger partial charge is 0.245 e. The quantitative estimate of drug-likeness (QED) is 0.833. The molecule has 1 unspecified atom stereocenters. The largest absolute Gasteiger partial charge is 0.508 e. The van der Waals surface area contributed by atoms with E-state index in [0.29, 0.717) is 19.0 Å². The third-order valence-corrected chi connectivity index (χ3v) is 3.32. The van der Waals surface area contributed by atoms with E-state index in [-0.39, 0.29) is 11.7 Å². The van der Waals surface area contributed by atoms with Crippen molar-refractivity contribution in [3.63, 3.8) is 0 Å². The molecule has 1 saturated heterocycles. The monoisotopic (exact) mass is 275 g/mol. The van der Waals surface area contributed by atoms with Crippen molar-refractivity contribution >= 4 is 5.69 Å². The van der Waals surface area contributed by atoms with Gasteiger partial charge in [0, 0.05) is 18.2 Å². The number of benzene rings is 1. The van der Waals surface area contributed by atoms with Crippen LogP contribution in [0.5, 0.6) is 5.75 Å². The standard InChI is InChI=1S/C14H17N3O3/c18-12-5-3-11(4-6-12)15-8-13-16-14(17-20-13)10-2-1-7-19-9-10/h3-6,10,15,18H,1-2,7-9H2. The van der Waals surface area contributed by atoms with Gasteiger partial charge < -0.3 is 19.7 Å². The van der Waals surface area contributed by atoms with Crippen LogP contribution in [-0.2, 0) is 11.3 Å². The summed E-state index contributed by atoms with van der Waals surface area (Å²) in [6.07, 6.45) is 2.09. The zero-order valence-corrected chi connectivity index (χ0v) is 11.1. The van der Waals surface area contributed by atoms with Gasteiger partial charge in [-0.15, -0.1) is 0 Å². The van der Waals surface area contributed by atoms with Crippen molar-refractivity contribution in [2.75, 3.05) is 18.5 Å². The first-order valence-corrected chi connectivity index (χ1v) is 6.74. The summed E-state index contributed by atoms with van der Waals surface area (Å²) in [4.78, 5) is 4.40. The maximum Gasteiger partial charge on any atom is 0.245 e. The average Bonchev–Trinajstić information content (AvgIpc) is 2.97. The second kappa shape index (κ2) is 5.92. The Morgan fingerprint density at radius 3 is 2.90 bits per heavy atom. The predicted molar refractivity (Wildman–Crippen MR) is 72.5 cm³/mol. The second-order valence-electron chi connectivity index (χ2n) is 4.86. The SMILES string of the molecule is Oc1ccc(NCc2nc(C3CCCOC3)no2)cc1. The van der Waals surface area contributed by atoms with E-state index in [4.69, 9.17) is 9.26 Å². The van der Waals surface area contributed by atoms with E-state index in [1.54, 1.807) is 24.3 Å². The molecule has 20 heavy (non-hydrogen) atoms. The Bertz CT molecular complexity index is 547. The van der Waals surface area contributed by atoms with Crippen molar-refractivity contribution in [3.8, 4) is 5.75 Å². The molecular weight excluding hydrogens is 258 g/mol. The van der Waals surface area contributed by atoms with Crippen molar-refractivity contribution in [1.82, 2.24) is 10.1 Å². The number of nitrogens with zero attached hydrogens (tertiary/aromatic N) is 2. The Morgan fingerprint density at radius 1 is 1.30 bits per heavy atom. The van der Waals surface area contributed by atoms with E-state index in [2.05, 4.69) is 15.5 Å². The van der Waals surface area contributed by atoms with Crippen LogP contribution >= 0.6 is 0 Å². The molecule has 2 N–H and O–H groups in total. The number of phenolic OH excluding ortho intramolecular Hbond substituents is 1. The normalized spacial score (nSPS) is 18.9. The third-order valence-electron chi connectivity index (χ3n) is 3.32. The molecule has 2 aromatic rings. The highest BCUT2D eigenvalue weighted by Crippen LogP contribution is 2.23. The Morgan fingerprint density at radius 2 is 2.15 bits per heavy atom. The number of anilines is 1. The molecule has 1 fully saturated rings. The highest BCUT2D eigenvalue weighted by molar-refractivity contribution is 5.45. The molecule has 6 nitrogen and oxygen atoms in total. The van der Waals surface area contributed by atoms with Gasteiger partial charge in [0.15, 0.2) is 5.82 Å². The van der Waals surface area contributed by atoms with Gasteiger partial charge in [-0.25, -0.2) is 0 Å². The molecule has 6 heteroatoms. The Labute approximate surface area is 116 Å². The van der Waals surface area contributed by atoms with Gasteiger partial charge in [0.2, 0.25) is 5.89 Å². The first kappa shape index (κ1) is 12.9. The lowest BCUT2D eigenvalue weighted by molar-refractivity contribution is 0.0773. The third kappa shape index (κ3) is 3.08. The van der Waals surface area contributed by atoms with Crippen LogP contribution < -0.4 is 5.32 Å². The summed E-state index contributed by atoms with van der Waals surface area (Å²) in [6.45, 7) is 1.96. The lowest BCUT2D eigenvalue weighted by Crippen LogP contribution is -2.16. The maximum atomic E-state index is 9.21. The van der Waals surface area contributed by atoms with Gasteiger partial charge in [0.05, 0.1) is 13.2 Å². The summed E-state index contributed by atoms with van der Waals surface area (Å²) in [5, 5.41) is 16.4. The van der Waals surface area contributed by atoms with E-state index in [0.717, 1.165) is 31.0 Å². The van der Waals surface area contributed by atoms with Crippen LogP contribution in [0.15, 0.2) is 28.8 Å². The van der Waals surface area contributed by atoms with Gasteiger partial charge in [0.25, 0.3) is 0 Å². The summed E-state index contributed by atoms with van der Waals surface area (Å²) >= 11 is 0. The number of aromatic hydroxyl groups is 1. The Balaban J connectivity index is 1.58. The highest BCUT2D eigenvalue weighted by atomic mass is 16.5. The summed E-state index contributed by atoms with van der Waals surface area (Å²) in [6, 6.07) is 6.84. The molecule has 0 radical (unpaired) electrons. The van der Waals surface area contributed by atoms with Crippen LogP contribution in [0.4, 0.5) is 5.69 Å². The molecule has 0 bridgehead atoms. The van der Waals surface area contributed by atoms with Gasteiger partial charge in [-0.05, 0) is 37.1 Å². The van der Waals surface area contributed by atoms with E-state index in [1.165, 1.54) is 0 Å². The highest BCUT2D eigenvalue weighted by Gasteiger charge is 2.21. The Hall–Kier alpha value is -2.08. The molecule has 0 aliphatic carbocycles. The lowest BCUT2D eigenvalue weighted by Gasteiger charge is -2.18. The maximum absolute atomic E-state index is 9.21. The number of phenols is 1. The minimum Gasteiger partial charge on any atom is -0.508 e. The fraction of sp³-hybridized carbons (Fsp3) is 0.429. The second-order valence-corrected chi connectivity index (χ2v) is 4.86. The molecule has 1 aliphatic heterocycles. The summed E-state index contributed by atoms with van der Waals surface area (Å²) < 4.78 is 10.7. The molecule has 1 aliphatic rings. The van der Waals surface area contributed by atoms with Crippen molar-refractivity contribution in [2.24, 2.45) is 0 Å². The van der Waals surface area contributed by atoms with Crippen LogP contribution in [0.1, 0.15) is 30.5 Å². The number of hydrogen-bond acceptors (Lipinski definition) is 6. The number of nitrogens with one attached hydrogen (secondary N) is 1. The van der Waals surface area contributed by atoms with Gasteiger partial charge in [-0.3, -0.25) is 0 Å². The number of rotatable bonds is 4. The van der Waals surface area contributed by atoms with Gasteiger partial charge >= 0.3 is 0 Å². The minimum atomic E-state index is 0.243. The average molecular weight is 275 g/mol. The first-order chi connectivity index (χ1) is 9.81. The molecule has 0 amide bonds. The molecule has 1 aromatic heterocycles. The van der Waals surface area contributed by atoms with Crippen molar-refractivity contribution in [1.29, 1.82) is 0 Å². The molecule has 3 rings (SSSR count). The van der Waals surface area contributed by atoms with Crippen LogP contribution in [0.2, 0.25) is 0 Å².